The molecule has 114 valence electrons. The maximum Gasteiger partial charge on any atom is 0.251 e. The molecular weight excluding hydrogens is 281 g/mol. The zero-order valence-corrected chi connectivity index (χ0v) is 12.4. The smallest absolute Gasteiger partial charge is 0.251 e. The molecule has 2 aromatic carbocycles. The molecule has 0 bridgehead atoms. The van der Waals surface area contributed by atoms with E-state index < -0.39 is 0 Å². The second-order valence-electron chi connectivity index (χ2n) is 5.52. The van der Waals surface area contributed by atoms with Crippen LogP contribution in [0.3, 0.4) is 0 Å². The first kappa shape index (κ1) is 14.6. The van der Waals surface area contributed by atoms with Gasteiger partial charge in [0.05, 0.1) is 7.11 Å². The average Bonchev–Trinajstić information content (AvgIpc) is 2.54. The minimum atomic E-state index is -0.338. The Kier molecular flexibility index (Phi) is 4.09. The highest BCUT2D eigenvalue weighted by Crippen LogP contribution is 2.29. The highest BCUT2D eigenvalue weighted by atomic mass is 19.1. The lowest BCUT2D eigenvalue weighted by Gasteiger charge is -2.26. The summed E-state index contributed by atoms with van der Waals surface area (Å²) in [5.41, 5.74) is 2.94. The maximum atomic E-state index is 12.9. The Morgan fingerprint density at radius 2 is 2.00 bits per heavy atom. The average molecular weight is 299 g/mol. The van der Waals surface area contributed by atoms with Gasteiger partial charge >= 0.3 is 0 Å². The van der Waals surface area contributed by atoms with Crippen molar-refractivity contribution in [1.82, 2.24) is 5.32 Å². The zero-order valence-electron chi connectivity index (χ0n) is 12.4. The highest BCUT2D eigenvalue weighted by molar-refractivity contribution is 5.94. The van der Waals surface area contributed by atoms with Crippen molar-refractivity contribution in [2.24, 2.45) is 0 Å². The lowest BCUT2D eigenvalue weighted by Crippen LogP contribution is -2.38. The van der Waals surface area contributed by atoms with Gasteiger partial charge in [0.2, 0.25) is 0 Å². The number of carbonyl (C=O) groups is 1. The van der Waals surface area contributed by atoms with Gasteiger partial charge in [-0.3, -0.25) is 4.79 Å². The standard InChI is InChI=1S/C18H18FNO2/c1-22-17-4-2-3-13-11-15(9-10-16(13)17)20-18(21)12-5-7-14(19)8-6-12/h2-8,15H,9-11H2,1H3,(H,20,21). The molecule has 0 heterocycles. The van der Waals surface area contributed by atoms with Gasteiger partial charge in [-0.15, -0.1) is 0 Å². The molecule has 0 fully saturated rings. The Balaban J connectivity index is 1.70. The third-order valence-corrected chi connectivity index (χ3v) is 4.10. The van der Waals surface area contributed by atoms with E-state index >= 15 is 0 Å². The lowest BCUT2D eigenvalue weighted by molar-refractivity contribution is 0.0933. The SMILES string of the molecule is COc1cccc2c1CCC(NC(=O)c1ccc(F)cc1)C2. The number of hydrogen-bond acceptors (Lipinski definition) is 2. The number of halogens is 1. The van der Waals surface area contributed by atoms with Crippen molar-refractivity contribution in [3.8, 4) is 5.75 Å². The number of nitrogens with one attached hydrogen (secondary N) is 1. The molecule has 1 amide bonds. The summed E-state index contributed by atoms with van der Waals surface area (Å²) in [7, 11) is 1.68. The van der Waals surface area contributed by atoms with Gasteiger partial charge in [0.15, 0.2) is 0 Å². The molecule has 4 heteroatoms. The van der Waals surface area contributed by atoms with Crippen LogP contribution >= 0.6 is 0 Å². The van der Waals surface area contributed by atoms with E-state index in [-0.39, 0.29) is 17.8 Å². The third kappa shape index (κ3) is 2.96. The van der Waals surface area contributed by atoms with E-state index in [4.69, 9.17) is 4.74 Å². The molecule has 3 rings (SSSR count). The van der Waals surface area contributed by atoms with E-state index in [1.54, 1.807) is 7.11 Å². The molecule has 0 saturated heterocycles. The number of methoxy groups -OCH3 is 1. The zero-order chi connectivity index (χ0) is 15.5. The maximum absolute atomic E-state index is 12.9. The van der Waals surface area contributed by atoms with Gasteiger partial charge in [0, 0.05) is 11.6 Å². The number of fused-ring (bicyclic) bond motifs is 1. The summed E-state index contributed by atoms with van der Waals surface area (Å²) in [5, 5.41) is 3.03. The molecule has 0 aliphatic heterocycles. The Bertz CT molecular complexity index is 682. The molecular formula is C18H18FNO2. The molecule has 2 aromatic rings. The largest absolute Gasteiger partial charge is 0.496 e. The number of benzene rings is 2. The summed E-state index contributed by atoms with van der Waals surface area (Å²) in [6.07, 6.45) is 2.55. The van der Waals surface area contributed by atoms with Crippen LogP contribution in [-0.4, -0.2) is 19.1 Å². The molecule has 0 spiro atoms. The van der Waals surface area contributed by atoms with Crippen LogP contribution in [-0.2, 0) is 12.8 Å². The van der Waals surface area contributed by atoms with Crippen LogP contribution in [0.2, 0.25) is 0 Å². The number of amides is 1. The number of rotatable bonds is 3. The predicted molar refractivity (Wildman–Crippen MR) is 82.7 cm³/mol. The predicted octanol–water partition coefficient (Wildman–Crippen LogP) is 3.12. The van der Waals surface area contributed by atoms with Gasteiger partial charge < -0.3 is 10.1 Å². The molecule has 1 aliphatic rings. The summed E-state index contributed by atoms with van der Waals surface area (Å²) in [6, 6.07) is 11.7. The van der Waals surface area contributed by atoms with Crippen LogP contribution in [0.5, 0.6) is 5.75 Å². The van der Waals surface area contributed by atoms with Gasteiger partial charge in [-0.2, -0.15) is 0 Å². The van der Waals surface area contributed by atoms with Gasteiger partial charge in [0.1, 0.15) is 11.6 Å². The van der Waals surface area contributed by atoms with Gasteiger partial charge in [-0.05, 0) is 60.7 Å². The third-order valence-electron chi connectivity index (χ3n) is 4.10. The minimum absolute atomic E-state index is 0.0946. The van der Waals surface area contributed by atoms with Crippen LogP contribution in [0.25, 0.3) is 0 Å². The first-order valence-corrected chi connectivity index (χ1v) is 7.38. The van der Waals surface area contributed by atoms with Crippen LogP contribution in [0.1, 0.15) is 27.9 Å². The van der Waals surface area contributed by atoms with Crippen molar-refractivity contribution >= 4 is 5.91 Å². The summed E-state index contributed by atoms with van der Waals surface area (Å²) in [4.78, 5) is 12.2. The molecule has 3 nitrogen and oxygen atoms in total. The summed E-state index contributed by atoms with van der Waals surface area (Å²) < 4.78 is 18.3. The Labute approximate surface area is 129 Å². The fourth-order valence-corrected chi connectivity index (χ4v) is 2.96. The van der Waals surface area contributed by atoms with E-state index in [2.05, 4.69) is 11.4 Å². The Morgan fingerprint density at radius 1 is 1.23 bits per heavy atom. The summed E-state index contributed by atoms with van der Waals surface area (Å²) >= 11 is 0. The topological polar surface area (TPSA) is 38.3 Å². The normalized spacial score (nSPS) is 16.7. The van der Waals surface area contributed by atoms with Gasteiger partial charge in [-0.1, -0.05) is 12.1 Å². The molecule has 0 aromatic heterocycles. The van der Waals surface area contributed by atoms with Crippen molar-refractivity contribution in [3.63, 3.8) is 0 Å². The Hall–Kier alpha value is -2.36. The number of ether oxygens (including phenoxy) is 1. The molecule has 0 radical (unpaired) electrons. The van der Waals surface area contributed by atoms with Crippen molar-refractivity contribution in [2.75, 3.05) is 7.11 Å². The summed E-state index contributed by atoms with van der Waals surface area (Å²) in [6.45, 7) is 0. The van der Waals surface area contributed by atoms with Crippen molar-refractivity contribution in [3.05, 3.63) is 65.0 Å². The van der Waals surface area contributed by atoms with E-state index in [1.807, 2.05) is 12.1 Å². The van der Waals surface area contributed by atoms with Gasteiger partial charge in [0.25, 0.3) is 5.91 Å². The van der Waals surface area contributed by atoms with E-state index in [0.29, 0.717) is 5.56 Å². The Morgan fingerprint density at radius 3 is 2.73 bits per heavy atom. The highest BCUT2D eigenvalue weighted by Gasteiger charge is 2.22. The van der Waals surface area contributed by atoms with Crippen molar-refractivity contribution < 1.29 is 13.9 Å². The van der Waals surface area contributed by atoms with Crippen molar-refractivity contribution in [1.29, 1.82) is 0 Å². The molecule has 1 N–H and O–H groups in total. The fraction of sp³-hybridized carbons (Fsp3) is 0.278. The van der Waals surface area contributed by atoms with Crippen molar-refractivity contribution in [2.45, 2.75) is 25.3 Å². The van der Waals surface area contributed by atoms with E-state index in [0.717, 1.165) is 25.0 Å². The van der Waals surface area contributed by atoms with Gasteiger partial charge in [-0.25, -0.2) is 4.39 Å². The molecule has 0 saturated carbocycles. The van der Waals surface area contributed by atoms with Crippen LogP contribution in [0.15, 0.2) is 42.5 Å². The fourth-order valence-electron chi connectivity index (χ4n) is 2.96. The van der Waals surface area contributed by atoms with Crippen LogP contribution < -0.4 is 10.1 Å². The summed E-state index contributed by atoms with van der Waals surface area (Å²) in [5.74, 6) is 0.424. The van der Waals surface area contributed by atoms with Crippen LogP contribution in [0.4, 0.5) is 4.39 Å². The lowest BCUT2D eigenvalue weighted by atomic mass is 9.87. The molecule has 1 unspecified atom stereocenters. The second kappa shape index (κ2) is 6.18. The monoisotopic (exact) mass is 299 g/mol. The quantitative estimate of drug-likeness (QED) is 0.945. The minimum Gasteiger partial charge on any atom is -0.496 e. The first-order chi connectivity index (χ1) is 10.7. The number of hydrogen-bond donors (Lipinski definition) is 1. The molecule has 1 aliphatic carbocycles. The molecule has 22 heavy (non-hydrogen) atoms. The second-order valence-corrected chi connectivity index (χ2v) is 5.52. The molecule has 1 atom stereocenters. The van der Waals surface area contributed by atoms with E-state index in [9.17, 15) is 9.18 Å². The number of carbonyl (C=O) groups excluding carboxylic acids is 1. The van der Waals surface area contributed by atoms with E-state index in [1.165, 1.54) is 35.4 Å². The van der Waals surface area contributed by atoms with Crippen LogP contribution in [0, 0.1) is 5.82 Å². The first-order valence-electron chi connectivity index (χ1n) is 7.38.